The summed E-state index contributed by atoms with van der Waals surface area (Å²) in [6.45, 7) is 4.57. The summed E-state index contributed by atoms with van der Waals surface area (Å²) in [6.07, 6.45) is 7.77. The molecule has 0 aromatic heterocycles. The molecular weight excluding hydrogens is 222 g/mol. The quantitative estimate of drug-likeness (QED) is 0.691. The monoisotopic (exact) mass is 245 g/mol. The molecule has 16 heavy (non-hydrogen) atoms. The number of halogens is 1. The highest BCUT2D eigenvalue weighted by Crippen LogP contribution is 2.25. The van der Waals surface area contributed by atoms with E-state index in [2.05, 4.69) is 4.90 Å². The van der Waals surface area contributed by atoms with Crippen molar-refractivity contribution in [3.05, 3.63) is 0 Å². The van der Waals surface area contributed by atoms with E-state index in [1.165, 1.54) is 51.6 Å². The third-order valence-corrected chi connectivity index (χ3v) is 4.27. The molecule has 94 valence electrons. The first-order chi connectivity index (χ1) is 7.90. The van der Waals surface area contributed by atoms with Crippen molar-refractivity contribution >= 4 is 11.6 Å². The zero-order chi connectivity index (χ0) is 11.2. The van der Waals surface area contributed by atoms with Gasteiger partial charge in [0.1, 0.15) is 0 Å². The Kier molecular flexibility index (Phi) is 5.40. The molecular formula is C13H24ClNO. The average molecular weight is 246 g/mol. The highest BCUT2D eigenvalue weighted by molar-refractivity contribution is 6.17. The lowest BCUT2D eigenvalue weighted by molar-refractivity contribution is 0.0501. The van der Waals surface area contributed by atoms with Gasteiger partial charge < -0.3 is 9.64 Å². The first-order valence-corrected chi connectivity index (χ1v) is 7.31. The van der Waals surface area contributed by atoms with E-state index >= 15 is 0 Å². The average Bonchev–Trinajstić information content (AvgIpc) is 2.75. The van der Waals surface area contributed by atoms with Crippen molar-refractivity contribution in [3.63, 3.8) is 0 Å². The first kappa shape index (κ1) is 12.7. The van der Waals surface area contributed by atoms with E-state index in [4.69, 9.17) is 16.3 Å². The number of hydrogen-bond donors (Lipinski definition) is 0. The summed E-state index contributed by atoms with van der Waals surface area (Å²) in [7, 11) is 0. The molecule has 2 aliphatic rings. The fraction of sp³-hybridized carbons (Fsp3) is 1.00. The molecule has 2 heterocycles. The normalized spacial score (nSPS) is 28.7. The van der Waals surface area contributed by atoms with Crippen LogP contribution in [0.3, 0.4) is 0 Å². The summed E-state index contributed by atoms with van der Waals surface area (Å²) in [6, 6.07) is 0.821. The molecule has 2 rings (SSSR count). The molecule has 0 radical (unpaired) electrons. The van der Waals surface area contributed by atoms with Gasteiger partial charge in [-0.2, -0.15) is 0 Å². The van der Waals surface area contributed by atoms with Gasteiger partial charge in [-0.05, 0) is 51.0 Å². The Hall–Kier alpha value is 0.210. The lowest BCUT2D eigenvalue weighted by Crippen LogP contribution is -2.36. The van der Waals surface area contributed by atoms with E-state index in [1.807, 2.05) is 0 Å². The van der Waals surface area contributed by atoms with Gasteiger partial charge in [-0.1, -0.05) is 0 Å². The van der Waals surface area contributed by atoms with Crippen LogP contribution in [-0.4, -0.2) is 43.1 Å². The summed E-state index contributed by atoms with van der Waals surface area (Å²) in [5, 5.41) is 0. The number of alkyl halides is 1. The van der Waals surface area contributed by atoms with E-state index in [1.54, 1.807) is 0 Å². The van der Waals surface area contributed by atoms with Gasteiger partial charge in [-0.15, -0.1) is 11.6 Å². The van der Waals surface area contributed by atoms with Crippen molar-refractivity contribution in [2.24, 2.45) is 5.92 Å². The minimum Gasteiger partial charge on any atom is -0.381 e. The van der Waals surface area contributed by atoms with Crippen LogP contribution in [0.2, 0.25) is 0 Å². The second-order valence-corrected chi connectivity index (χ2v) is 5.56. The fourth-order valence-electron chi connectivity index (χ4n) is 3.04. The van der Waals surface area contributed by atoms with Gasteiger partial charge >= 0.3 is 0 Å². The van der Waals surface area contributed by atoms with Crippen molar-refractivity contribution < 1.29 is 4.74 Å². The molecule has 0 aliphatic carbocycles. The Bertz CT molecular complexity index is 194. The molecule has 0 saturated carbocycles. The number of ether oxygens (including phenoxy) is 1. The van der Waals surface area contributed by atoms with Crippen LogP contribution in [-0.2, 0) is 4.74 Å². The highest BCUT2D eigenvalue weighted by atomic mass is 35.5. The molecule has 0 bridgehead atoms. The fourth-order valence-corrected chi connectivity index (χ4v) is 3.19. The molecule has 0 aromatic carbocycles. The Balaban J connectivity index is 1.73. The van der Waals surface area contributed by atoms with E-state index in [0.717, 1.165) is 31.1 Å². The molecule has 2 nitrogen and oxygen atoms in total. The Morgan fingerprint density at radius 2 is 2.00 bits per heavy atom. The standard InChI is InChI=1S/C13H24ClNO/c14-7-1-3-13-4-2-8-15(13)11-12-5-9-16-10-6-12/h12-13H,1-11H2. The zero-order valence-electron chi connectivity index (χ0n) is 10.2. The molecule has 0 amide bonds. The van der Waals surface area contributed by atoms with E-state index in [-0.39, 0.29) is 0 Å². The molecule has 2 aliphatic heterocycles. The van der Waals surface area contributed by atoms with Crippen LogP contribution in [0.15, 0.2) is 0 Å². The third kappa shape index (κ3) is 3.61. The zero-order valence-corrected chi connectivity index (χ0v) is 10.9. The Morgan fingerprint density at radius 3 is 2.75 bits per heavy atom. The highest BCUT2D eigenvalue weighted by Gasteiger charge is 2.26. The summed E-state index contributed by atoms with van der Waals surface area (Å²) in [5.41, 5.74) is 0. The number of hydrogen-bond acceptors (Lipinski definition) is 2. The summed E-state index contributed by atoms with van der Waals surface area (Å²) >= 11 is 5.78. The molecule has 0 N–H and O–H groups in total. The number of nitrogens with zero attached hydrogens (tertiary/aromatic N) is 1. The predicted molar refractivity (Wildman–Crippen MR) is 68.1 cm³/mol. The maximum atomic E-state index is 5.78. The predicted octanol–water partition coefficient (Wildman–Crippen LogP) is 2.90. The van der Waals surface area contributed by atoms with Crippen LogP contribution in [0.25, 0.3) is 0 Å². The lowest BCUT2D eigenvalue weighted by atomic mass is 9.99. The Morgan fingerprint density at radius 1 is 1.19 bits per heavy atom. The first-order valence-electron chi connectivity index (χ1n) is 6.78. The van der Waals surface area contributed by atoms with Crippen LogP contribution < -0.4 is 0 Å². The van der Waals surface area contributed by atoms with Gasteiger partial charge in [0.15, 0.2) is 0 Å². The van der Waals surface area contributed by atoms with Crippen molar-refractivity contribution in [1.82, 2.24) is 4.90 Å². The molecule has 1 atom stereocenters. The lowest BCUT2D eigenvalue weighted by Gasteiger charge is -2.30. The van der Waals surface area contributed by atoms with Gasteiger partial charge in [0.25, 0.3) is 0 Å². The van der Waals surface area contributed by atoms with Crippen LogP contribution in [0.4, 0.5) is 0 Å². The van der Waals surface area contributed by atoms with E-state index in [9.17, 15) is 0 Å². The molecule has 0 spiro atoms. The second kappa shape index (κ2) is 6.83. The molecule has 3 heteroatoms. The number of likely N-dealkylation sites (tertiary alicyclic amines) is 1. The van der Waals surface area contributed by atoms with Crippen molar-refractivity contribution in [1.29, 1.82) is 0 Å². The van der Waals surface area contributed by atoms with E-state index < -0.39 is 0 Å². The number of rotatable bonds is 5. The summed E-state index contributed by atoms with van der Waals surface area (Å²) in [5.74, 6) is 1.70. The maximum absolute atomic E-state index is 5.78. The minimum atomic E-state index is 0.821. The second-order valence-electron chi connectivity index (χ2n) is 5.18. The van der Waals surface area contributed by atoms with Crippen LogP contribution in [0.5, 0.6) is 0 Å². The minimum absolute atomic E-state index is 0.821. The molecule has 0 aromatic rings. The van der Waals surface area contributed by atoms with Crippen molar-refractivity contribution in [2.75, 3.05) is 32.2 Å². The van der Waals surface area contributed by atoms with Gasteiger partial charge in [-0.25, -0.2) is 0 Å². The van der Waals surface area contributed by atoms with Crippen LogP contribution >= 0.6 is 11.6 Å². The van der Waals surface area contributed by atoms with Gasteiger partial charge in [0.2, 0.25) is 0 Å². The topological polar surface area (TPSA) is 12.5 Å². The molecule has 2 fully saturated rings. The summed E-state index contributed by atoms with van der Waals surface area (Å²) < 4.78 is 5.42. The third-order valence-electron chi connectivity index (χ3n) is 4.00. The maximum Gasteiger partial charge on any atom is 0.0469 e. The molecule has 1 unspecified atom stereocenters. The Labute approximate surface area is 104 Å². The van der Waals surface area contributed by atoms with Crippen molar-refractivity contribution in [3.8, 4) is 0 Å². The molecule has 2 saturated heterocycles. The van der Waals surface area contributed by atoms with Crippen LogP contribution in [0.1, 0.15) is 38.5 Å². The SMILES string of the molecule is ClCCCC1CCCN1CC1CCOCC1. The van der Waals surface area contributed by atoms with Gasteiger partial charge in [0.05, 0.1) is 0 Å². The van der Waals surface area contributed by atoms with Crippen molar-refractivity contribution in [2.45, 2.75) is 44.6 Å². The smallest absolute Gasteiger partial charge is 0.0469 e. The van der Waals surface area contributed by atoms with Gasteiger partial charge in [-0.3, -0.25) is 0 Å². The van der Waals surface area contributed by atoms with Crippen LogP contribution in [0, 0.1) is 5.92 Å². The van der Waals surface area contributed by atoms with Gasteiger partial charge in [0, 0.05) is 31.7 Å². The largest absolute Gasteiger partial charge is 0.381 e. The summed E-state index contributed by atoms with van der Waals surface area (Å²) in [4.78, 5) is 2.71. The van der Waals surface area contributed by atoms with E-state index in [0.29, 0.717) is 0 Å².